The van der Waals surface area contributed by atoms with Crippen LogP contribution in [0, 0.1) is 0 Å². The first-order valence-corrected chi connectivity index (χ1v) is 7.59. The zero-order chi connectivity index (χ0) is 15.1. The molecule has 1 aliphatic carbocycles. The largest absolute Gasteiger partial charge is 0.370 e. The third-order valence-corrected chi connectivity index (χ3v) is 3.22. The third kappa shape index (κ3) is 5.55. The van der Waals surface area contributed by atoms with E-state index in [1.165, 1.54) is 0 Å². The molecule has 0 unspecified atom stereocenters. The third-order valence-electron chi connectivity index (χ3n) is 3.22. The molecule has 1 fully saturated rings. The van der Waals surface area contributed by atoms with Crippen molar-refractivity contribution in [3.63, 3.8) is 0 Å². The Morgan fingerprint density at radius 2 is 2.14 bits per heavy atom. The zero-order valence-electron chi connectivity index (χ0n) is 12.5. The molecule has 1 aromatic heterocycles. The zero-order valence-corrected chi connectivity index (χ0v) is 12.5. The Morgan fingerprint density at radius 3 is 2.81 bits per heavy atom. The number of nitrogens with zero attached hydrogens (tertiary/aromatic N) is 2. The second-order valence-electron chi connectivity index (χ2n) is 5.32. The standard InChI is InChI=1S/C14H24N6O/c1-2-4-11-18-12(9-13(19-11)20-15)16-8-3-5-14(21)17-10-6-7-10/h9-10H,2-8,15H2,1H3,(H,17,21)(H2,16,18,19,20). The molecule has 0 spiro atoms. The van der Waals surface area contributed by atoms with Gasteiger partial charge < -0.3 is 16.1 Å². The minimum Gasteiger partial charge on any atom is -0.370 e. The predicted molar refractivity (Wildman–Crippen MR) is 82.7 cm³/mol. The number of hydrazine groups is 1. The average Bonchev–Trinajstić information content (AvgIpc) is 3.27. The fourth-order valence-corrected chi connectivity index (χ4v) is 1.99. The number of carbonyl (C=O) groups excluding carboxylic acids is 1. The lowest BCUT2D eigenvalue weighted by Gasteiger charge is -2.09. The van der Waals surface area contributed by atoms with Gasteiger partial charge in [-0.25, -0.2) is 15.8 Å². The second kappa shape index (κ2) is 7.78. The van der Waals surface area contributed by atoms with E-state index in [0.29, 0.717) is 24.8 Å². The van der Waals surface area contributed by atoms with Crippen LogP contribution in [-0.2, 0) is 11.2 Å². The van der Waals surface area contributed by atoms with Crippen LogP contribution in [0.1, 0.15) is 44.9 Å². The molecule has 7 heteroatoms. The topological polar surface area (TPSA) is 105 Å². The maximum Gasteiger partial charge on any atom is 0.220 e. The van der Waals surface area contributed by atoms with Crippen LogP contribution in [-0.4, -0.2) is 28.5 Å². The van der Waals surface area contributed by atoms with Crippen molar-refractivity contribution in [1.82, 2.24) is 15.3 Å². The number of anilines is 2. The van der Waals surface area contributed by atoms with E-state index in [2.05, 4.69) is 33.0 Å². The molecule has 7 nitrogen and oxygen atoms in total. The van der Waals surface area contributed by atoms with Crippen LogP contribution in [0.25, 0.3) is 0 Å². The summed E-state index contributed by atoms with van der Waals surface area (Å²) in [5, 5.41) is 6.19. The molecule has 0 bridgehead atoms. The van der Waals surface area contributed by atoms with Crippen molar-refractivity contribution >= 4 is 17.5 Å². The molecule has 116 valence electrons. The molecule has 1 aromatic rings. The number of rotatable bonds is 9. The Hall–Kier alpha value is -1.89. The maximum absolute atomic E-state index is 11.6. The summed E-state index contributed by atoms with van der Waals surface area (Å²) >= 11 is 0. The van der Waals surface area contributed by atoms with Gasteiger partial charge >= 0.3 is 0 Å². The summed E-state index contributed by atoms with van der Waals surface area (Å²) in [7, 11) is 0. The van der Waals surface area contributed by atoms with Crippen LogP contribution in [0.5, 0.6) is 0 Å². The number of amides is 1. The van der Waals surface area contributed by atoms with Crippen molar-refractivity contribution in [3.05, 3.63) is 11.9 Å². The molecule has 0 saturated heterocycles. The van der Waals surface area contributed by atoms with Crippen LogP contribution >= 0.6 is 0 Å². The van der Waals surface area contributed by atoms with E-state index in [-0.39, 0.29) is 5.91 Å². The van der Waals surface area contributed by atoms with E-state index in [1.807, 2.05) is 0 Å². The van der Waals surface area contributed by atoms with Crippen LogP contribution < -0.4 is 21.9 Å². The summed E-state index contributed by atoms with van der Waals surface area (Å²) in [6, 6.07) is 2.20. The highest BCUT2D eigenvalue weighted by atomic mass is 16.1. The van der Waals surface area contributed by atoms with Crippen LogP contribution in [0.2, 0.25) is 0 Å². The quantitative estimate of drug-likeness (QED) is 0.309. The molecular formula is C14H24N6O. The van der Waals surface area contributed by atoms with Crippen molar-refractivity contribution < 1.29 is 4.79 Å². The summed E-state index contributed by atoms with van der Waals surface area (Å²) in [5.41, 5.74) is 2.55. The summed E-state index contributed by atoms with van der Waals surface area (Å²) in [5.74, 6) is 7.65. The second-order valence-corrected chi connectivity index (χ2v) is 5.32. The highest BCUT2D eigenvalue weighted by Gasteiger charge is 2.22. The molecule has 0 radical (unpaired) electrons. The smallest absolute Gasteiger partial charge is 0.220 e. The van der Waals surface area contributed by atoms with E-state index in [9.17, 15) is 4.79 Å². The van der Waals surface area contributed by atoms with Gasteiger partial charge in [0.2, 0.25) is 5.91 Å². The SMILES string of the molecule is CCCc1nc(NN)cc(NCCCC(=O)NC2CC2)n1. The highest BCUT2D eigenvalue weighted by molar-refractivity contribution is 5.76. The number of aryl methyl sites for hydroxylation is 1. The Morgan fingerprint density at radius 1 is 1.38 bits per heavy atom. The fourth-order valence-electron chi connectivity index (χ4n) is 1.99. The van der Waals surface area contributed by atoms with Gasteiger partial charge in [-0.15, -0.1) is 0 Å². The van der Waals surface area contributed by atoms with Gasteiger partial charge in [0, 0.05) is 31.5 Å². The fraction of sp³-hybridized carbons (Fsp3) is 0.643. The highest BCUT2D eigenvalue weighted by Crippen LogP contribution is 2.18. The molecule has 1 amide bonds. The number of hydrogen-bond donors (Lipinski definition) is 4. The van der Waals surface area contributed by atoms with Gasteiger partial charge in [-0.3, -0.25) is 4.79 Å². The number of nitrogens with two attached hydrogens (primary N) is 1. The summed E-state index contributed by atoms with van der Waals surface area (Å²) < 4.78 is 0. The number of carbonyl (C=O) groups is 1. The van der Waals surface area contributed by atoms with E-state index < -0.39 is 0 Å². The lowest BCUT2D eigenvalue weighted by atomic mass is 10.3. The maximum atomic E-state index is 11.6. The van der Waals surface area contributed by atoms with Crippen LogP contribution in [0.3, 0.4) is 0 Å². The molecule has 2 rings (SSSR count). The van der Waals surface area contributed by atoms with Gasteiger partial charge in [-0.1, -0.05) is 6.92 Å². The number of nitrogens with one attached hydrogen (secondary N) is 3. The molecule has 0 atom stereocenters. The Balaban J connectivity index is 1.75. The Bertz CT molecular complexity index is 475. The lowest BCUT2D eigenvalue weighted by molar-refractivity contribution is -0.121. The first kappa shape index (κ1) is 15.5. The van der Waals surface area contributed by atoms with Gasteiger partial charge in [-0.05, 0) is 25.7 Å². The average molecular weight is 292 g/mol. The van der Waals surface area contributed by atoms with Crippen LogP contribution in [0.15, 0.2) is 6.07 Å². The molecule has 1 aliphatic rings. The van der Waals surface area contributed by atoms with Crippen LogP contribution in [0.4, 0.5) is 11.6 Å². The van der Waals surface area contributed by atoms with Crippen molar-refractivity contribution in [2.75, 3.05) is 17.3 Å². The van der Waals surface area contributed by atoms with Gasteiger partial charge in [0.1, 0.15) is 17.5 Å². The Labute approximate surface area is 125 Å². The summed E-state index contributed by atoms with van der Waals surface area (Å²) in [4.78, 5) is 20.3. The first-order chi connectivity index (χ1) is 10.2. The molecule has 5 N–H and O–H groups in total. The van der Waals surface area contributed by atoms with Gasteiger partial charge in [0.15, 0.2) is 0 Å². The molecule has 1 saturated carbocycles. The van der Waals surface area contributed by atoms with E-state index in [4.69, 9.17) is 5.84 Å². The van der Waals surface area contributed by atoms with E-state index in [0.717, 1.165) is 43.7 Å². The van der Waals surface area contributed by atoms with E-state index >= 15 is 0 Å². The minimum atomic E-state index is 0.137. The predicted octanol–water partition coefficient (Wildman–Crippen LogP) is 1.19. The summed E-state index contributed by atoms with van der Waals surface area (Å²) in [6.07, 6.45) is 5.36. The van der Waals surface area contributed by atoms with Crippen molar-refractivity contribution in [2.24, 2.45) is 5.84 Å². The molecule has 0 aromatic carbocycles. The number of nitrogen functional groups attached to an aromatic ring is 1. The van der Waals surface area contributed by atoms with Crippen molar-refractivity contribution in [2.45, 2.75) is 51.5 Å². The molecule has 21 heavy (non-hydrogen) atoms. The van der Waals surface area contributed by atoms with E-state index in [1.54, 1.807) is 6.07 Å². The lowest BCUT2D eigenvalue weighted by Crippen LogP contribution is -2.25. The number of aromatic nitrogens is 2. The minimum absolute atomic E-state index is 0.137. The normalized spacial score (nSPS) is 13.8. The van der Waals surface area contributed by atoms with Gasteiger partial charge in [-0.2, -0.15) is 0 Å². The van der Waals surface area contributed by atoms with Gasteiger partial charge in [0.25, 0.3) is 0 Å². The summed E-state index contributed by atoms with van der Waals surface area (Å²) in [6.45, 7) is 2.78. The van der Waals surface area contributed by atoms with Crippen molar-refractivity contribution in [3.8, 4) is 0 Å². The first-order valence-electron chi connectivity index (χ1n) is 7.59. The number of hydrogen-bond acceptors (Lipinski definition) is 6. The van der Waals surface area contributed by atoms with Crippen molar-refractivity contribution in [1.29, 1.82) is 0 Å². The van der Waals surface area contributed by atoms with Gasteiger partial charge in [0.05, 0.1) is 0 Å². The molecular weight excluding hydrogens is 268 g/mol. The molecule has 1 heterocycles. The molecule has 0 aliphatic heterocycles. The Kier molecular flexibility index (Phi) is 5.74. The monoisotopic (exact) mass is 292 g/mol.